The molecule has 2 aliphatic heterocycles. The van der Waals surface area contributed by atoms with Crippen LogP contribution in [-0.2, 0) is 28.6 Å². The molecule has 6 rings (SSSR count). The zero-order valence-electron chi connectivity index (χ0n) is 20.4. The van der Waals surface area contributed by atoms with Crippen LogP contribution < -0.4 is 0 Å². The smallest absolute Gasteiger partial charge is 0.312 e. The van der Waals surface area contributed by atoms with Crippen LogP contribution in [0.4, 0.5) is 0 Å². The largest absolute Gasteiger partial charge is 0.469 e. The minimum absolute atomic E-state index is 0.0792. The lowest BCUT2D eigenvalue weighted by Gasteiger charge is -2.60. The van der Waals surface area contributed by atoms with Crippen LogP contribution in [0.3, 0.4) is 0 Å². The molecule has 7 heteroatoms. The number of carbonyl (C=O) groups is 3. The van der Waals surface area contributed by atoms with E-state index in [0.717, 1.165) is 23.3 Å². The predicted octanol–water partition coefficient (Wildman–Crippen LogP) is 3.97. The molecule has 0 amide bonds. The Morgan fingerprint density at radius 3 is 2.65 bits per heavy atom. The number of esters is 2. The van der Waals surface area contributed by atoms with Gasteiger partial charge in [-0.05, 0) is 50.3 Å². The molecule has 0 unspecified atom stereocenters. The standard InChI is InChI=1S/C27H32O7/c1-13-14(15-7-6-10-32-15)11-16-20(13)27(4)17(12-19(29)31-5)26(3)18(28)8-9-25(2)22(26)21(23(27)33-16)34-24(25)30/h6-7,10,14,16-17,21-23H,8-9,11-12H2,1-5H3/t14-,16-,17-,21-,22+,23-,25-,26+,27-/m1/s1. The number of fused-ring (bicyclic) bond motifs is 4. The second-order valence-corrected chi connectivity index (χ2v) is 11.5. The maximum Gasteiger partial charge on any atom is 0.312 e. The molecule has 4 fully saturated rings. The van der Waals surface area contributed by atoms with Gasteiger partial charge in [-0.2, -0.15) is 0 Å². The van der Waals surface area contributed by atoms with E-state index in [-0.39, 0.29) is 48.0 Å². The van der Waals surface area contributed by atoms with Crippen LogP contribution in [0.2, 0.25) is 0 Å². The molecule has 9 atom stereocenters. The molecule has 0 radical (unpaired) electrons. The predicted molar refractivity (Wildman–Crippen MR) is 119 cm³/mol. The average molecular weight is 469 g/mol. The Labute approximate surface area is 199 Å². The molecule has 0 bridgehead atoms. The minimum atomic E-state index is -0.905. The topological polar surface area (TPSA) is 92.0 Å². The minimum Gasteiger partial charge on any atom is -0.469 e. The van der Waals surface area contributed by atoms with E-state index in [0.29, 0.717) is 12.8 Å². The summed E-state index contributed by atoms with van der Waals surface area (Å²) < 4.78 is 23.7. The molecule has 0 spiro atoms. The van der Waals surface area contributed by atoms with Crippen LogP contribution in [0, 0.1) is 28.1 Å². The van der Waals surface area contributed by atoms with E-state index < -0.39 is 28.5 Å². The molecule has 3 aliphatic carbocycles. The maximum atomic E-state index is 13.8. The van der Waals surface area contributed by atoms with Gasteiger partial charge in [0.15, 0.2) is 0 Å². The zero-order valence-corrected chi connectivity index (χ0v) is 20.4. The lowest BCUT2D eigenvalue weighted by molar-refractivity contribution is -0.197. The molecule has 34 heavy (non-hydrogen) atoms. The van der Waals surface area contributed by atoms with E-state index in [9.17, 15) is 14.4 Å². The van der Waals surface area contributed by atoms with Gasteiger partial charge in [0, 0.05) is 29.1 Å². The SMILES string of the molecule is COC(=O)C[C@H]1[C@]2(C)C3=C(C)[C@H](c4ccco4)C[C@H]3O[C@@H]2[C@@H]2OC(=O)[C@]3(C)CCC(=O)[C@@]1(C)[C@@H]23. The first kappa shape index (κ1) is 22.1. The number of ether oxygens (including phenoxy) is 3. The van der Waals surface area contributed by atoms with Crippen molar-refractivity contribution in [3.8, 4) is 0 Å². The number of hydrogen-bond acceptors (Lipinski definition) is 7. The Morgan fingerprint density at radius 1 is 1.21 bits per heavy atom. The fourth-order valence-electron chi connectivity index (χ4n) is 8.78. The highest BCUT2D eigenvalue weighted by atomic mass is 16.6. The first-order chi connectivity index (χ1) is 16.1. The molecule has 0 aromatic carbocycles. The average Bonchev–Trinajstić information content (AvgIpc) is 3.54. The summed E-state index contributed by atoms with van der Waals surface area (Å²) in [5.74, 6) is -0.224. The highest BCUT2D eigenvalue weighted by molar-refractivity contribution is 5.92. The number of carbonyl (C=O) groups excluding carboxylic acids is 3. The Balaban J connectivity index is 1.56. The quantitative estimate of drug-likeness (QED) is 0.490. The first-order valence-corrected chi connectivity index (χ1v) is 12.3. The van der Waals surface area contributed by atoms with Crippen LogP contribution in [0.15, 0.2) is 34.0 Å². The van der Waals surface area contributed by atoms with Gasteiger partial charge in [0.2, 0.25) is 0 Å². The third-order valence-electron chi connectivity index (χ3n) is 10.3. The van der Waals surface area contributed by atoms with Gasteiger partial charge in [-0.3, -0.25) is 14.4 Å². The molecular formula is C27H32O7. The lowest BCUT2D eigenvalue weighted by atomic mass is 9.40. The van der Waals surface area contributed by atoms with Gasteiger partial charge in [-0.15, -0.1) is 0 Å². The van der Waals surface area contributed by atoms with Crippen molar-refractivity contribution < 1.29 is 33.0 Å². The summed E-state index contributed by atoms with van der Waals surface area (Å²) in [6.07, 6.45) is 2.19. The highest BCUT2D eigenvalue weighted by Gasteiger charge is 2.78. The fourth-order valence-corrected chi connectivity index (χ4v) is 8.78. The van der Waals surface area contributed by atoms with Crippen molar-refractivity contribution in [2.45, 2.75) is 77.6 Å². The molecule has 1 aromatic heterocycles. The number of hydrogen-bond donors (Lipinski definition) is 0. The van der Waals surface area contributed by atoms with Crippen LogP contribution in [-0.4, -0.2) is 43.1 Å². The van der Waals surface area contributed by atoms with Crippen molar-refractivity contribution >= 4 is 17.7 Å². The van der Waals surface area contributed by atoms with Crippen molar-refractivity contribution in [2.75, 3.05) is 7.11 Å². The Morgan fingerprint density at radius 2 is 1.97 bits per heavy atom. The Bertz CT molecular complexity index is 1120. The number of allylic oxidation sites excluding steroid dienone is 1. The van der Waals surface area contributed by atoms with Gasteiger partial charge in [0.1, 0.15) is 23.8 Å². The Kier molecular flexibility index (Phi) is 4.44. The van der Waals surface area contributed by atoms with E-state index in [2.05, 4.69) is 13.8 Å². The second kappa shape index (κ2) is 6.84. The summed E-state index contributed by atoms with van der Waals surface area (Å²) in [7, 11) is 1.38. The van der Waals surface area contributed by atoms with Crippen molar-refractivity contribution in [3.05, 3.63) is 35.3 Å². The highest BCUT2D eigenvalue weighted by Crippen LogP contribution is 2.72. The number of Topliss-reactive ketones (excluding diaryl/α,β-unsaturated/α-hetero) is 1. The summed E-state index contributed by atoms with van der Waals surface area (Å²) in [5, 5.41) is 0. The van der Waals surface area contributed by atoms with Gasteiger partial charge in [-0.25, -0.2) is 0 Å². The molecule has 2 saturated carbocycles. The van der Waals surface area contributed by atoms with Gasteiger partial charge in [0.05, 0.1) is 31.3 Å². The molecule has 3 heterocycles. The van der Waals surface area contributed by atoms with Gasteiger partial charge in [0.25, 0.3) is 0 Å². The van der Waals surface area contributed by atoms with Crippen LogP contribution in [0.1, 0.15) is 65.1 Å². The summed E-state index contributed by atoms with van der Waals surface area (Å²) in [6.45, 7) is 8.11. The van der Waals surface area contributed by atoms with Gasteiger partial charge >= 0.3 is 11.9 Å². The second-order valence-electron chi connectivity index (χ2n) is 11.5. The normalized spacial score (nSPS) is 46.7. The Hall–Kier alpha value is -2.41. The molecule has 0 N–H and O–H groups in total. The summed E-state index contributed by atoms with van der Waals surface area (Å²) >= 11 is 0. The van der Waals surface area contributed by atoms with E-state index in [1.54, 1.807) is 6.26 Å². The van der Waals surface area contributed by atoms with Gasteiger partial charge < -0.3 is 18.6 Å². The zero-order chi connectivity index (χ0) is 24.2. The van der Waals surface area contributed by atoms with E-state index in [4.69, 9.17) is 18.6 Å². The monoisotopic (exact) mass is 468 g/mol. The van der Waals surface area contributed by atoms with E-state index >= 15 is 0 Å². The number of rotatable bonds is 3. The van der Waals surface area contributed by atoms with Crippen molar-refractivity contribution in [1.82, 2.24) is 0 Å². The third-order valence-corrected chi connectivity index (χ3v) is 10.3. The molecule has 2 saturated heterocycles. The molecule has 7 nitrogen and oxygen atoms in total. The summed E-state index contributed by atoms with van der Waals surface area (Å²) in [4.78, 5) is 39.8. The number of methoxy groups -OCH3 is 1. The first-order valence-electron chi connectivity index (χ1n) is 12.3. The summed E-state index contributed by atoms with van der Waals surface area (Å²) in [5.41, 5.74) is -0.0201. The molecule has 1 aromatic rings. The van der Waals surface area contributed by atoms with Crippen LogP contribution in [0.25, 0.3) is 0 Å². The number of furan rings is 1. The fraction of sp³-hybridized carbons (Fsp3) is 0.667. The van der Waals surface area contributed by atoms with Crippen molar-refractivity contribution in [3.63, 3.8) is 0 Å². The van der Waals surface area contributed by atoms with Crippen LogP contribution in [0.5, 0.6) is 0 Å². The maximum absolute atomic E-state index is 13.8. The van der Waals surface area contributed by atoms with Crippen molar-refractivity contribution in [1.29, 1.82) is 0 Å². The molecule has 182 valence electrons. The summed E-state index contributed by atoms with van der Waals surface area (Å²) in [6, 6.07) is 3.87. The van der Waals surface area contributed by atoms with E-state index in [1.165, 1.54) is 7.11 Å². The van der Waals surface area contributed by atoms with Crippen molar-refractivity contribution in [2.24, 2.45) is 28.1 Å². The van der Waals surface area contributed by atoms with Crippen LogP contribution >= 0.6 is 0 Å². The molecule has 5 aliphatic rings. The van der Waals surface area contributed by atoms with E-state index in [1.807, 2.05) is 26.0 Å². The third kappa shape index (κ3) is 2.39. The lowest BCUT2D eigenvalue weighted by Crippen LogP contribution is -2.67. The number of ketones is 1. The van der Waals surface area contributed by atoms with Gasteiger partial charge in [-0.1, -0.05) is 19.4 Å². The molecular weight excluding hydrogens is 436 g/mol.